The molecular formula is C47H44F3N7O11S2. The number of nitrogens with zero attached hydrogens (tertiary/aromatic N) is 5. The Morgan fingerprint density at radius 3 is 1.90 bits per heavy atom. The number of carboxylic acids is 3. The van der Waals surface area contributed by atoms with E-state index in [1.54, 1.807) is 21.3 Å². The largest absolute Gasteiger partial charge is 0.490 e. The smallest absolute Gasteiger partial charge is 0.481 e. The summed E-state index contributed by atoms with van der Waals surface area (Å²) < 4.78 is 31.7. The van der Waals surface area contributed by atoms with E-state index in [-0.39, 0.29) is 58.7 Å². The summed E-state index contributed by atoms with van der Waals surface area (Å²) in [7, 11) is 0. The number of hydrogen-bond acceptors (Lipinski definition) is 13. The van der Waals surface area contributed by atoms with Gasteiger partial charge in [-0.2, -0.15) is 13.2 Å². The van der Waals surface area contributed by atoms with Crippen LogP contribution in [0.1, 0.15) is 54.5 Å². The number of hydrogen-bond donors (Lipinski definition) is 5. The predicted octanol–water partition coefficient (Wildman–Crippen LogP) is 4.82. The van der Waals surface area contributed by atoms with Crippen molar-refractivity contribution < 1.29 is 66.9 Å². The maximum Gasteiger partial charge on any atom is 0.490 e. The number of benzene rings is 3. The third kappa shape index (κ3) is 10.8. The first kappa shape index (κ1) is 50.3. The molecule has 0 saturated carbocycles. The molecule has 3 saturated heterocycles. The summed E-state index contributed by atoms with van der Waals surface area (Å²) in [5, 5.41) is 34.7. The van der Waals surface area contributed by atoms with Gasteiger partial charge in [0.25, 0.3) is 11.8 Å². The predicted molar refractivity (Wildman–Crippen MR) is 248 cm³/mol. The Hall–Kier alpha value is -7.53. The number of nitrogens with one attached hydrogen (secondary N) is 1. The number of likely N-dealkylation sites (tertiary alicyclic amines) is 2. The topological polar surface area (TPSA) is 262 Å². The van der Waals surface area contributed by atoms with E-state index in [0.29, 0.717) is 50.0 Å². The highest BCUT2D eigenvalue weighted by atomic mass is 32.2. The number of aromatic nitrogens is 1. The average molecular weight is 1000 g/mol. The van der Waals surface area contributed by atoms with Crippen molar-refractivity contribution in [1.82, 2.24) is 25.0 Å². The van der Waals surface area contributed by atoms with Gasteiger partial charge in [0.2, 0.25) is 17.4 Å². The van der Waals surface area contributed by atoms with E-state index < -0.39 is 52.9 Å². The number of aliphatic carboxylic acids is 3. The minimum atomic E-state index is -5.08. The molecule has 18 nitrogen and oxygen atoms in total. The fourth-order valence-electron chi connectivity index (χ4n) is 8.48. The number of nitrogens with two attached hydrogens (primary N) is 1. The van der Waals surface area contributed by atoms with Crippen molar-refractivity contribution in [2.24, 2.45) is 5.16 Å². The van der Waals surface area contributed by atoms with Crippen molar-refractivity contribution in [3.05, 3.63) is 142 Å². The second kappa shape index (κ2) is 21.4. The molecule has 0 radical (unpaired) electrons. The zero-order chi connectivity index (χ0) is 50.3. The Balaban J connectivity index is 0.000000959. The molecule has 366 valence electrons. The van der Waals surface area contributed by atoms with Gasteiger partial charge in [0.1, 0.15) is 22.8 Å². The maximum absolute atomic E-state index is 14.3. The molecule has 5 heterocycles. The zero-order valence-electron chi connectivity index (χ0n) is 36.8. The molecular weight excluding hydrogens is 960 g/mol. The van der Waals surface area contributed by atoms with Crippen LogP contribution >= 0.6 is 23.1 Å². The average Bonchev–Trinajstić information content (AvgIpc) is 3.95. The number of anilines is 1. The van der Waals surface area contributed by atoms with Gasteiger partial charge in [0.05, 0.1) is 6.42 Å². The summed E-state index contributed by atoms with van der Waals surface area (Å²) in [6.07, 6.45) is -2.38. The van der Waals surface area contributed by atoms with Gasteiger partial charge in [-0.15, -0.1) is 23.1 Å². The van der Waals surface area contributed by atoms with E-state index in [1.165, 1.54) is 11.8 Å². The first-order chi connectivity index (χ1) is 33.4. The van der Waals surface area contributed by atoms with Crippen molar-refractivity contribution in [3.63, 3.8) is 0 Å². The summed E-state index contributed by atoms with van der Waals surface area (Å²) in [6.45, 7) is 1.23. The fraction of sp³-hybridized carbons (Fsp3) is 0.298. The van der Waals surface area contributed by atoms with Crippen LogP contribution in [0, 0.1) is 0 Å². The van der Waals surface area contributed by atoms with Gasteiger partial charge in [0.15, 0.2) is 10.8 Å². The lowest BCUT2D eigenvalue weighted by atomic mass is 9.80. The number of thiazole rings is 1. The van der Waals surface area contributed by atoms with Gasteiger partial charge >= 0.3 is 24.1 Å². The molecule has 1 aromatic heterocycles. The van der Waals surface area contributed by atoms with E-state index in [1.807, 2.05) is 91.0 Å². The molecule has 3 fully saturated rings. The van der Waals surface area contributed by atoms with Crippen LogP contribution in [0.15, 0.2) is 124 Å². The molecule has 4 aliphatic rings. The Morgan fingerprint density at radius 2 is 1.41 bits per heavy atom. The summed E-state index contributed by atoms with van der Waals surface area (Å²) >= 11 is 2.35. The van der Waals surface area contributed by atoms with Crippen molar-refractivity contribution >= 4 is 75.5 Å². The normalized spacial score (nSPS) is 19.2. The molecule has 0 unspecified atom stereocenters. The van der Waals surface area contributed by atoms with E-state index in [2.05, 4.69) is 15.5 Å². The number of carboxylic acid groups (broad SMARTS) is 3. The third-order valence-corrected chi connectivity index (χ3v) is 13.8. The highest BCUT2D eigenvalue weighted by Gasteiger charge is 2.54. The Bertz CT molecular complexity index is 2650. The Morgan fingerprint density at radius 1 is 0.857 bits per heavy atom. The summed E-state index contributed by atoms with van der Waals surface area (Å²) in [5.74, 6) is -6.89. The number of fused-ring (bicyclic) bond motifs is 1. The first-order valence-corrected chi connectivity index (χ1v) is 23.5. The van der Waals surface area contributed by atoms with Gasteiger partial charge < -0.3 is 41.0 Å². The standard InChI is InChI=1S/C45H43N7O9S2.C2HF3O2/c46-44-47-33(26-63-44)36(49-61-45(29-10-4-1-5-11-29,30-12-6-2-7-13-30)31-14-8-3-9-15-31)39(56)48-37-41(58)52-38(43(59)60)28(25-62-42(37)52)24-27-18-23-51(40(27)57)32-19-21-50(22-20-32)34(53)16-17-35(54)55;3-2(4,5)1(6)7/h1-15,24,26,32,37,42H,16-23,25H2,(H2,46,47)(H,48,56)(H,54,55)(H,59,60);(H,6,7)/b27-24+,49-36-;/t37-,42-;/m1./s1. The van der Waals surface area contributed by atoms with Crippen LogP contribution in [0.2, 0.25) is 0 Å². The summed E-state index contributed by atoms with van der Waals surface area (Å²) in [6, 6.07) is 27.1. The molecule has 3 aromatic carbocycles. The molecule has 70 heavy (non-hydrogen) atoms. The van der Waals surface area contributed by atoms with Crippen LogP contribution in [-0.2, 0) is 44.0 Å². The van der Waals surface area contributed by atoms with Gasteiger partial charge in [-0.1, -0.05) is 96.2 Å². The number of rotatable bonds is 14. The number of halogens is 3. The van der Waals surface area contributed by atoms with E-state index in [0.717, 1.165) is 32.9 Å². The highest BCUT2D eigenvalue weighted by Crippen LogP contribution is 2.43. The molecule has 4 aromatic rings. The van der Waals surface area contributed by atoms with E-state index >= 15 is 0 Å². The molecule has 0 bridgehead atoms. The van der Waals surface area contributed by atoms with E-state index in [9.17, 15) is 47.0 Å². The molecule has 6 N–H and O–H groups in total. The second-order valence-electron chi connectivity index (χ2n) is 16.1. The summed E-state index contributed by atoms with van der Waals surface area (Å²) in [4.78, 5) is 102. The van der Waals surface area contributed by atoms with Crippen LogP contribution < -0.4 is 11.1 Å². The van der Waals surface area contributed by atoms with Crippen molar-refractivity contribution in [2.75, 3.05) is 31.1 Å². The van der Waals surface area contributed by atoms with Crippen LogP contribution in [0.25, 0.3) is 0 Å². The van der Waals surface area contributed by atoms with Gasteiger partial charge in [-0.05, 0) is 30.9 Å². The Kier molecular flexibility index (Phi) is 15.4. The fourth-order valence-corrected chi connectivity index (χ4v) is 10.3. The van der Waals surface area contributed by atoms with Crippen LogP contribution in [-0.4, -0.2) is 131 Å². The highest BCUT2D eigenvalue weighted by molar-refractivity contribution is 8.00. The maximum atomic E-state index is 14.3. The zero-order valence-corrected chi connectivity index (χ0v) is 38.4. The number of piperidine rings is 1. The first-order valence-electron chi connectivity index (χ1n) is 21.6. The van der Waals surface area contributed by atoms with Crippen molar-refractivity contribution in [2.45, 2.75) is 61.3 Å². The van der Waals surface area contributed by atoms with Crippen LogP contribution in [0.5, 0.6) is 0 Å². The number of thioether (sulfide) groups is 1. The quantitative estimate of drug-likeness (QED) is 0.0373. The number of amides is 4. The Labute approximate surface area is 405 Å². The SMILES string of the molecule is Nc1nc(/C(=N/OC(c2ccccc2)(c2ccccc2)c2ccccc2)C(=O)N[C@@H]2C(=O)N3C(C(=O)O)=C(/C=C4\CCN(C5CCN(C(=O)CCC(=O)O)CC5)C4=O)CS[C@H]23)cs1.O=C(O)C(F)(F)F. The van der Waals surface area contributed by atoms with Gasteiger partial charge in [0, 0.05) is 65.5 Å². The molecule has 4 amide bonds. The molecule has 0 aliphatic carbocycles. The number of carbonyl (C=O) groups is 7. The monoisotopic (exact) mass is 1000 g/mol. The van der Waals surface area contributed by atoms with Crippen LogP contribution in [0.3, 0.4) is 0 Å². The minimum absolute atomic E-state index is 0.0748. The van der Waals surface area contributed by atoms with Gasteiger partial charge in [-0.3, -0.25) is 28.9 Å². The number of oxime groups is 1. The molecule has 4 aliphatic heterocycles. The lowest BCUT2D eigenvalue weighted by Crippen LogP contribution is -2.71. The molecule has 23 heteroatoms. The van der Waals surface area contributed by atoms with Gasteiger partial charge in [-0.25, -0.2) is 14.6 Å². The lowest BCUT2D eigenvalue weighted by Gasteiger charge is -2.49. The number of alkyl halides is 3. The number of β-lactam (4-membered cyclic amide) rings is 1. The van der Waals surface area contributed by atoms with E-state index in [4.69, 9.17) is 25.6 Å². The number of nitrogen functional groups attached to an aromatic ring is 1. The molecule has 8 rings (SSSR count). The molecule has 2 atom stereocenters. The van der Waals surface area contributed by atoms with Crippen molar-refractivity contribution in [1.29, 1.82) is 0 Å². The second-order valence-corrected chi connectivity index (χ2v) is 18.1. The number of carbonyl (C=O) groups excluding carboxylic acids is 4. The van der Waals surface area contributed by atoms with Crippen molar-refractivity contribution in [3.8, 4) is 0 Å². The van der Waals surface area contributed by atoms with Crippen LogP contribution in [0.4, 0.5) is 18.3 Å². The lowest BCUT2D eigenvalue weighted by molar-refractivity contribution is -0.192. The number of allylic oxidation sites excluding steroid dienone is 1. The summed E-state index contributed by atoms with van der Waals surface area (Å²) in [5.41, 5.74) is 7.18. The molecule has 0 spiro atoms. The minimum Gasteiger partial charge on any atom is -0.481 e. The third-order valence-electron chi connectivity index (χ3n) is 11.8.